The summed E-state index contributed by atoms with van der Waals surface area (Å²) in [6.07, 6.45) is 7.45. The zero-order valence-electron chi connectivity index (χ0n) is 31.9. The Balaban J connectivity index is 0. The molecular formula is C28H65F3KNO9SSi5+2. The number of hydrogen-bond donors (Lipinski definition) is 1. The van der Waals surface area contributed by atoms with Crippen molar-refractivity contribution in [2.24, 2.45) is 0 Å². The van der Waals surface area contributed by atoms with Crippen LogP contribution in [0.4, 0.5) is 13.2 Å². The first-order valence-corrected chi connectivity index (χ1v) is 33.0. The van der Waals surface area contributed by atoms with E-state index >= 15 is 0 Å². The van der Waals surface area contributed by atoms with Crippen molar-refractivity contribution in [3.05, 3.63) is 0 Å². The molecule has 0 aromatic carbocycles. The van der Waals surface area contributed by atoms with Crippen LogP contribution < -0.4 is 56.1 Å². The fourth-order valence-electron chi connectivity index (χ4n) is 5.47. The van der Waals surface area contributed by atoms with Crippen molar-refractivity contribution in [3.8, 4) is 0 Å². The van der Waals surface area contributed by atoms with Gasteiger partial charge in [0.25, 0.3) is 0 Å². The molecule has 10 nitrogen and oxygen atoms in total. The number of unbranched alkanes of at least 4 members (excludes halogenated alkanes) is 7. The van der Waals surface area contributed by atoms with E-state index < -0.39 is 63.8 Å². The van der Waals surface area contributed by atoms with Crippen LogP contribution in [-0.4, -0.2) is 89.1 Å². The van der Waals surface area contributed by atoms with Gasteiger partial charge in [0, 0.05) is 13.7 Å². The van der Waals surface area contributed by atoms with Gasteiger partial charge >= 0.3 is 98.5 Å². The molecule has 0 radical (unpaired) electrons. The topological polar surface area (TPSA) is 123 Å². The molecule has 0 fully saturated rings. The van der Waals surface area contributed by atoms with Gasteiger partial charge < -0.3 is 25.9 Å². The Morgan fingerprint density at radius 3 is 1.56 bits per heavy atom. The molecule has 0 heterocycles. The number of halogens is 3. The normalized spacial score (nSPS) is 15.9. The van der Waals surface area contributed by atoms with Crippen molar-refractivity contribution in [2.45, 2.75) is 147 Å². The molecule has 20 heteroatoms. The number of hydrogen-bond acceptors (Lipinski definition) is 9. The molecule has 0 rings (SSSR count). The van der Waals surface area contributed by atoms with Gasteiger partial charge in [0.05, 0.1) is 19.6 Å². The van der Waals surface area contributed by atoms with Crippen molar-refractivity contribution in [3.63, 3.8) is 0 Å². The molecule has 0 aromatic rings. The quantitative estimate of drug-likeness (QED) is 0.0965. The van der Waals surface area contributed by atoms with Gasteiger partial charge in [0.15, 0.2) is 16.6 Å². The number of carbonyl (C=O) groups is 1. The first-order chi connectivity index (χ1) is 21.2. The molecular weight excluding hydrogens is 763 g/mol. The van der Waals surface area contributed by atoms with Crippen LogP contribution in [0.3, 0.4) is 0 Å². The van der Waals surface area contributed by atoms with Crippen LogP contribution in [-0.2, 0) is 40.8 Å². The van der Waals surface area contributed by atoms with E-state index in [2.05, 4.69) is 65.5 Å². The summed E-state index contributed by atoms with van der Waals surface area (Å²) in [6.45, 7) is 23.4. The first-order valence-electron chi connectivity index (χ1n) is 16.8. The molecule has 0 aliphatic carbocycles. The third-order valence-corrected chi connectivity index (χ3v) is 26.2. The standard InChI is InChI=1S/C28H64F3NO9SSi5.K/c1-36-23-24-37-22-20-26-47(11,40-45(8,9)38-43(2,3)4)41-46(10,39-44(5,6)7)25-19-17-15-13-12-14-16-18-21-27(33)32-42(34,35)28(29,30)31;/h12-26H2,1-11H3,(H,32,33);/q;+1/p+1. The van der Waals surface area contributed by atoms with Gasteiger partial charge in [0.2, 0.25) is 0 Å². The van der Waals surface area contributed by atoms with E-state index in [1.807, 2.05) is 0 Å². The molecule has 2 unspecified atom stereocenters. The molecule has 1 amide bonds. The van der Waals surface area contributed by atoms with Crippen LogP contribution in [0.2, 0.25) is 77.6 Å². The first kappa shape index (κ1) is 52.0. The number of carbonyl (C=O) groups excluding carboxylic acids is 1. The third kappa shape index (κ3) is 26.6. The average Bonchev–Trinajstić information content (AvgIpc) is 2.83. The van der Waals surface area contributed by atoms with E-state index in [-0.39, 0.29) is 62.5 Å². The Kier molecular flexibility index (Phi) is 25.5. The second kappa shape index (κ2) is 23.6. The Bertz CT molecular complexity index is 1020. The number of ether oxygens (including phenoxy) is 2. The molecule has 0 saturated heterocycles. The number of primary amides is 1. The molecule has 2 atom stereocenters. The minimum Gasteiger partial charge on any atom is -0.437 e. The van der Waals surface area contributed by atoms with Crippen molar-refractivity contribution in [2.75, 3.05) is 26.9 Å². The van der Waals surface area contributed by atoms with Crippen LogP contribution in [0.5, 0.6) is 0 Å². The maximum atomic E-state index is 12.4. The SMILES string of the molecule is COCCOCCC[Si](C)(O[Si](C)(C)O[Si](C)(C)C)O[Si](C)(CCCCCCCCCCC(=O)[NH2+]S(=O)(=O)C(F)(F)F)O[Si](C)(C)C.[K+]. The van der Waals surface area contributed by atoms with Crippen molar-refractivity contribution < 1.29 is 108 Å². The molecule has 0 aromatic heterocycles. The van der Waals surface area contributed by atoms with E-state index in [0.717, 1.165) is 57.0 Å². The number of methoxy groups -OCH3 is 1. The van der Waals surface area contributed by atoms with Gasteiger partial charge in [-0.05, 0) is 90.4 Å². The van der Waals surface area contributed by atoms with Gasteiger partial charge in [-0.15, -0.1) is 0 Å². The fourth-order valence-corrected chi connectivity index (χ4v) is 29.9. The minimum absolute atomic E-state index is 0. The largest absolute Gasteiger partial charge is 1.00 e. The monoisotopic (exact) mass is 827 g/mol. The second-order valence-electron chi connectivity index (χ2n) is 14.9. The van der Waals surface area contributed by atoms with Gasteiger partial charge in [-0.2, -0.15) is 26.3 Å². The molecule has 0 aliphatic rings. The summed E-state index contributed by atoms with van der Waals surface area (Å²) in [5.74, 6) is -1.01. The summed E-state index contributed by atoms with van der Waals surface area (Å²) in [5, 5.41) is 0. The summed E-state index contributed by atoms with van der Waals surface area (Å²) in [4.78, 5) is 11.6. The summed E-state index contributed by atoms with van der Waals surface area (Å²) in [6, 6.07) is 1.65. The predicted octanol–water partition coefficient (Wildman–Crippen LogP) is 4.08. The molecule has 282 valence electrons. The molecule has 0 spiro atoms. The van der Waals surface area contributed by atoms with Crippen molar-refractivity contribution in [1.82, 2.24) is 0 Å². The van der Waals surface area contributed by atoms with Crippen LogP contribution in [0.25, 0.3) is 0 Å². The number of quaternary nitrogens is 1. The van der Waals surface area contributed by atoms with E-state index in [1.165, 1.54) is 0 Å². The van der Waals surface area contributed by atoms with Gasteiger partial charge in [-0.25, -0.2) is 4.79 Å². The zero-order valence-corrected chi connectivity index (χ0v) is 40.8. The third-order valence-electron chi connectivity index (χ3n) is 6.73. The van der Waals surface area contributed by atoms with Crippen molar-refractivity contribution >= 4 is 58.2 Å². The predicted molar refractivity (Wildman–Crippen MR) is 192 cm³/mol. The number of nitrogens with two attached hydrogens (primary N) is 1. The summed E-state index contributed by atoms with van der Waals surface area (Å²) in [7, 11) is -15.4. The van der Waals surface area contributed by atoms with E-state index in [0.29, 0.717) is 32.7 Å². The summed E-state index contributed by atoms with van der Waals surface area (Å²) < 4.78 is 97.6. The number of alkyl halides is 3. The Morgan fingerprint density at radius 2 is 1.08 bits per heavy atom. The Hall–Kier alpha value is 1.85. The van der Waals surface area contributed by atoms with Gasteiger partial charge in [-0.1, -0.05) is 44.9 Å². The average molecular weight is 828 g/mol. The smallest absolute Gasteiger partial charge is 0.437 e. The molecule has 48 heavy (non-hydrogen) atoms. The van der Waals surface area contributed by atoms with Crippen LogP contribution in [0, 0.1) is 0 Å². The maximum absolute atomic E-state index is 12.4. The minimum atomic E-state index is -5.52. The fraction of sp³-hybridized carbons (Fsp3) is 0.964. The van der Waals surface area contributed by atoms with Crippen molar-refractivity contribution in [1.29, 1.82) is 0 Å². The number of sulfonamides is 1. The number of rotatable bonds is 27. The van der Waals surface area contributed by atoms with Crippen LogP contribution >= 0.6 is 0 Å². The van der Waals surface area contributed by atoms with E-state index in [9.17, 15) is 26.4 Å². The Labute approximate surface area is 337 Å². The summed E-state index contributed by atoms with van der Waals surface area (Å²) >= 11 is 0. The molecule has 2 N–H and O–H groups in total. The molecule has 0 bridgehead atoms. The molecule has 0 saturated carbocycles. The number of primary sulfonamides is 1. The number of amides is 1. The van der Waals surface area contributed by atoms with Gasteiger partial charge in [-0.3, -0.25) is 0 Å². The van der Waals surface area contributed by atoms with E-state index in [1.54, 1.807) is 7.11 Å². The van der Waals surface area contributed by atoms with Crippen LogP contribution in [0.15, 0.2) is 0 Å². The van der Waals surface area contributed by atoms with Gasteiger partial charge in [0.1, 0.15) is 0 Å². The Morgan fingerprint density at radius 1 is 0.625 bits per heavy atom. The summed E-state index contributed by atoms with van der Waals surface area (Å²) in [5.41, 5.74) is -5.44. The van der Waals surface area contributed by atoms with Crippen LogP contribution in [0.1, 0.15) is 64.2 Å². The second-order valence-corrected chi connectivity index (χ2v) is 36.8. The molecule has 0 aliphatic heterocycles. The zero-order chi connectivity index (χ0) is 36.6. The van der Waals surface area contributed by atoms with E-state index in [4.69, 9.17) is 25.9 Å². The maximum Gasteiger partial charge on any atom is 1.00 e.